The van der Waals surface area contributed by atoms with E-state index in [0.29, 0.717) is 5.56 Å². The molecule has 4 rings (SSSR count). The van der Waals surface area contributed by atoms with Gasteiger partial charge in [0.15, 0.2) is 0 Å². The van der Waals surface area contributed by atoms with E-state index in [-0.39, 0.29) is 11.9 Å². The highest BCUT2D eigenvalue weighted by Gasteiger charge is 2.30. The molecule has 1 aliphatic carbocycles. The highest BCUT2D eigenvalue weighted by Crippen LogP contribution is 2.24. The average Bonchev–Trinajstić information content (AvgIpc) is 3.55. The summed E-state index contributed by atoms with van der Waals surface area (Å²) in [6.07, 6.45) is 4.00. The van der Waals surface area contributed by atoms with E-state index in [9.17, 15) is 9.59 Å². The van der Waals surface area contributed by atoms with E-state index < -0.39 is 12.1 Å². The minimum absolute atomic E-state index is 0.182. The Morgan fingerprint density at radius 3 is 2.35 bits per heavy atom. The molecule has 158 valence electrons. The number of carbonyl (C=O) groups is 2. The van der Waals surface area contributed by atoms with Crippen LogP contribution in [0.25, 0.3) is 11.8 Å². The number of aromatic nitrogens is 2. The van der Waals surface area contributed by atoms with Gasteiger partial charge in [0.25, 0.3) is 5.91 Å². The van der Waals surface area contributed by atoms with Gasteiger partial charge in [0.2, 0.25) is 6.10 Å². The number of rotatable bonds is 7. The van der Waals surface area contributed by atoms with Crippen LogP contribution in [-0.4, -0.2) is 27.7 Å². The zero-order chi connectivity index (χ0) is 21.8. The summed E-state index contributed by atoms with van der Waals surface area (Å²) in [4.78, 5) is 25.2. The molecule has 1 atom stereocenters. The lowest BCUT2D eigenvalue weighted by Crippen LogP contribution is -2.33. The molecule has 1 N–H and O–H groups in total. The molecule has 0 saturated heterocycles. The molecule has 6 nitrogen and oxygen atoms in total. The molecular formula is C25H25N3O3. The fourth-order valence-electron chi connectivity index (χ4n) is 3.43. The van der Waals surface area contributed by atoms with Gasteiger partial charge in [0.05, 0.1) is 11.4 Å². The number of nitrogens with zero attached hydrogens (tertiary/aromatic N) is 2. The van der Waals surface area contributed by atoms with Crippen LogP contribution in [0.1, 0.15) is 41.5 Å². The predicted molar refractivity (Wildman–Crippen MR) is 119 cm³/mol. The van der Waals surface area contributed by atoms with Gasteiger partial charge in [0, 0.05) is 28.9 Å². The normalized spacial score (nSPS) is 14.4. The van der Waals surface area contributed by atoms with Gasteiger partial charge in [-0.25, -0.2) is 9.48 Å². The Hall–Kier alpha value is -3.67. The fourth-order valence-corrected chi connectivity index (χ4v) is 3.43. The summed E-state index contributed by atoms with van der Waals surface area (Å²) >= 11 is 0. The summed E-state index contributed by atoms with van der Waals surface area (Å²) in [6.45, 7) is 3.85. The standard InChI is InChI=1S/C25H25N3O3/c1-17-22(18(2)28(27-17)21-11-7-4-8-12-21)15-16-23(29)31-24(19-9-5-3-6-10-19)25(30)26-20-13-14-20/h3-12,15-16,20,24H,13-14H2,1-2H3,(H,26,30)/b16-15+/t24-/m1/s1. The monoisotopic (exact) mass is 415 g/mol. The van der Waals surface area contributed by atoms with Crippen molar-refractivity contribution in [3.8, 4) is 5.69 Å². The summed E-state index contributed by atoms with van der Waals surface area (Å²) in [6, 6.07) is 19.1. The summed E-state index contributed by atoms with van der Waals surface area (Å²) in [5.41, 5.74) is 4.16. The maximum absolute atomic E-state index is 12.6. The van der Waals surface area contributed by atoms with Gasteiger partial charge in [-0.2, -0.15) is 5.10 Å². The second-order valence-electron chi connectivity index (χ2n) is 7.68. The van der Waals surface area contributed by atoms with Gasteiger partial charge >= 0.3 is 5.97 Å². The van der Waals surface area contributed by atoms with Crippen molar-refractivity contribution in [1.29, 1.82) is 0 Å². The molecule has 1 saturated carbocycles. The lowest BCUT2D eigenvalue weighted by Gasteiger charge is -2.17. The third-order valence-corrected chi connectivity index (χ3v) is 5.23. The van der Waals surface area contributed by atoms with Crippen LogP contribution < -0.4 is 5.32 Å². The number of esters is 1. The molecule has 2 aromatic carbocycles. The van der Waals surface area contributed by atoms with Gasteiger partial charge in [-0.1, -0.05) is 48.5 Å². The van der Waals surface area contributed by atoms with Crippen molar-refractivity contribution in [3.05, 3.63) is 89.3 Å². The van der Waals surface area contributed by atoms with Crippen LogP contribution in [0, 0.1) is 13.8 Å². The van der Waals surface area contributed by atoms with Crippen molar-refractivity contribution in [3.63, 3.8) is 0 Å². The maximum atomic E-state index is 12.6. The number of nitrogens with one attached hydrogen (secondary N) is 1. The van der Waals surface area contributed by atoms with Gasteiger partial charge in [-0.05, 0) is 44.9 Å². The van der Waals surface area contributed by atoms with Crippen LogP contribution in [-0.2, 0) is 14.3 Å². The molecular weight excluding hydrogens is 390 g/mol. The number of hydrogen-bond acceptors (Lipinski definition) is 4. The zero-order valence-electron chi connectivity index (χ0n) is 17.6. The number of hydrogen-bond donors (Lipinski definition) is 1. The molecule has 1 aromatic heterocycles. The van der Waals surface area contributed by atoms with Gasteiger partial charge in [-0.3, -0.25) is 4.79 Å². The van der Waals surface area contributed by atoms with Crippen molar-refractivity contribution in [2.24, 2.45) is 0 Å². The van der Waals surface area contributed by atoms with E-state index in [0.717, 1.165) is 35.5 Å². The fraction of sp³-hybridized carbons (Fsp3) is 0.240. The molecule has 6 heteroatoms. The minimum Gasteiger partial charge on any atom is -0.444 e. The summed E-state index contributed by atoms with van der Waals surface area (Å²) in [5.74, 6) is -0.870. The van der Waals surface area contributed by atoms with E-state index in [1.807, 2.05) is 67.1 Å². The second-order valence-corrected chi connectivity index (χ2v) is 7.68. The summed E-state index contributed by atoms with van der Waals surface area (Å²) in [7, 11) is 0. The van der Waals surface area contributed by atoms with Gasteiger partial charge < -0.3 is 10.1 Å². The van der Waals surface area contributed by atoms with E-state index in [4.69, 9.17) is 4.74 Å². The second kappa shape index (κ2) is 9.00. The maximum Gasteiger partial charge on any atom is 0.331 e. The smallest absolute Gasteiger partial charge is 0.331 e. The Bertz CT molecular complexity index is 1100. The van der Waals surface area contributed by atoms with Crippen LogP contribution >= 0.6 is 0 Å². The number of carbonyl (C=O) groups excluding carboxylic acids is 2. The Balaban J connectivity index is 1.51. The Labute approximate surface area is 181 Å². The molecule has 0 spiro atoms. The molecule has 3 aromatic rings. The lowest BCUT2D eigenvalue weighted by molar-refractivity contribution is -0.151. The topological polar surface area (TPSA) is 73.2 Å². The molecule has 0 unspecified atom stereocenters. The van der Waals surface area contributed by atoms with E-state index in [2.05, 4.69) is 10.4 Å². The first-order chi connectivity index (χ1) is 15.0. The number of aryl methyl sites for hydroxylation is 1. The molecule has 1 fully saturated rings. The average molecular weight is 415 g/mol. The highest BCUT2D eigenvalue weighted by atomic mass is 16.5. The minimum atomic E-state index is -0.979. The number of para-hydroxylation sites is 1. The number of benzene rings is 2. The SMILES string of the molecule is Cc1nn(-c2ccccc2)c(C)c1/C=C/C(=O)O[C@@H](C(=O)NC1CC1)c1ccccc1. The largest absolute Gasteiger partial charge is 0.444 e. The molecule has 1 aliphatic rings. The molecule has 31 heavy (non-hydrogen) atoms. The van der Waals surface area contributed by atoms with Crippen LogP contribution in [0.15, 0.2) is 66.7 Å². The molecule has 0 bridgehead atoms. The summed E-state index contributed by atoms with van der Waals surface area (Å²) in [5, 5.41) is 7.50. The molecule has 0 aliphatic heterocycles. The number of ether oxygens (including phenoxy) is 1. The third kappa shape index (κ3) is 4.91. The van der Waals surface area contributed by atoms with E-state index in [1.165, 1.54) is 6.08 Å². The Kier molecular flexibility index (Phi) is 5.98. The van der Waals surface area contributed by atoms with Crippen LogP contribution in [0.3, 0.4) is 0 Å². The predicted octanol–water partition coefficient (Wildman–Crippen LogP) is 4.07. The third-order valence-electron chi connectivity index (χ3n) is 5.23. The van der Waals surface area contributed by atoms with Crippen molar-refractivity contribution in [2.75, 3.05) is 0 Å². The van der Waals surface area contributed by atoms with Gasteiger partial charge in [0.1, 0.15) is 0 Å². The summed E-state index contributed by atoms with van der Waals surface area (Å²) < 4.78 is 7.40. The first-order valence-electron chi connectivity index (χ1n) is 10.4. The first-order valence-corrected chi connectivity index (χ1v) is 10.4. The molecule has 0 radical (unpaired) electrons. The van der Waals surface area contributed by atoms with Crippen molar-refractivity contribution in [2.45, 2.75) is 38.8 Å². The van der Waals surface area contributed by atoms with Crippen LogP contribution in [0.4, 0.5) is 0 Å². The highest BCUT2D eigenvalue weighted by molar-refractivity contribution is 5.91. The quantitative estimate of drug-likeness (QED) is 0.466. The number of amides is 1. The Morgan fingerprint density at radius 1 is 1.06 bits per heavy atom. The van der Waals surface area contributed by atoms with Crippen LogP contribution in [0.2, 0.25) is 0 Å². The van der Waals surface area contributed by atoms with E-state index >= 15 is 0 Å². The van der Waals surface area contributed by atoms with Crippen molar-refractivity contribution >= 4 is 18.0 Å². The van der Waals surface area contributed by atoms with Crippen molar-refractivity contribution in [1.82, 2.24) is 15.1 Å². The lowest BCUT2D eigenvalue weighted by atomic mass is 10.1. The van der Waals surface area contributed by atoms with Crippen molar-refractivity contribution < 1.29 is 14.3 Å². The molecule has 1 amide bonds. The first kappa shape index (κ1) is 20.6. The molecule has 1 heterocycles. The van der Waals surface area contributed by atoms with E-state index in [1.54, 1.807) is 18.2 Å². The van der Waals surface area contributed by atoms with Gasteiger partial charge in [-0.15, -0.1) is 0 Å². The van der Waals surface area contributed by atoms with Crippen LogP contribution in [0.5, 0.6) is 0 Å². The Morgan fingerprint density at radius 2 is 1.71 bits per heavy atom. The zero-order valence-corrected chi connectivity index (χ0v) is 17.6.